The van der Waals surface area contributed by atoms with Gasteiger partial charge >= 0.3 is 5.97 Å². The molecule has 3 rings (SSSR count). The van der Waals surface area contributed by atoms with Gasteiger partial charge in [-0.05, 0) is 48.5 Å². The molecule has 0 heterocycles. The van der Waals surface area contributed by atoms with Crippen LogP contribution in [0.15, 0.2) is 89.1 Å². The number of aliphatic carboxylic acids is 1. The van der Waals surface area contributed by atoms with Crippen LogP contribution in [0, 0.1) is 0 Å². The van der Waals surface area contributed by atoms with Crippen LogP contribution in [0.4, 0.5) is 22.7 Å². The lowest BCUT2D eigenvalue weighted by molar-refractivity contribution is -0.141. The Morgan fingerprint density at radius 2 is 1.53 bits per heavy atom. The van der Waals surface area contributed by atoms with Crippen molar-refractivity contribution in [2.24, 2.45) is 10.2 Å². The normalized spacial score (nSPS) is 11.7. The quantitative estimate of drug-likeness (QED) is 0.231. The number of carbonyl (C=O) groups is 2. The second-order valence-corrected chi connectivity index (χ2v) is 7.31. The number of anilines is 2. The number of benzene rings is 3. The first-order valence-electron chi connectivity index (χ1n) is 10.7. The van der Waals surface area contributed by atoms with E-state index < -0.39 is 17.9 Å². The minimum absolute atomic E-state index is 0.209. The third-order valence-corrected chi connectivity index (χ3v) is 4.81. The van der Waals surface area contributed by atoms with E-state index >= 15 is 0 Å². The molecule has 34 heavy (non-hydrogen) atoms. The number of ether oxygens (including phenoxy) is 1. The van der Waals surface area contributed by atoms with Gasteiger partial charge in [0, 0.05) is 18.8 Å². The lowest BCUT2D eigenvalue weighted by atomic mass is 10.2. The highest BCUT2D eigenvalue weighted by Gasteiger charge is 2.20. The number of methoxy groups -OCH3 is 1. The first kappa shape index (κ1) is 24.4. The van der Waals surface area contributed by atoms with E-state index in [1.807, 2.05) is 54.6 Å². The molecule has 4 N–H and O–H groups in total. The van der Waals surface area contributed by atoms with Crippen LogP contribution in [0.5, 0.6) is 5.75 Å². The highest BCUT2D eigenvalue weighted by atomic mass is 16.5. The molecule has 3 aromatic rings. The summed E-state index contributed by atoms with van der Waals surface area (Å²) in [7, 11) is 1.58. The van der Waals surface area contributed by atoms with E-state index in [0.29, 0.717) is 30.2 Å². The Kier molecular flexibility index (Phi) is 9.12. The Labute approximate surface area is 197 Å². The smallest absolute Gasteiger partial charge is 0.321 e. The zero-order valence-electron chi connectivity index (χ0n) is 18.8. The number of nitrogens with one attached hydrogen (secondary N) is 3. The maximum absolute atomic E-state index is 12.4. The van der Waals surface area contributed by atoms with Crippen molar-refractivity contribution in [2.75, 3.05) is 30.8 Å². The summed E-state index contributed by atoms with van der Waals surface area (Å²) >= 11 is 0. The monoisotopic (exact) mass is 461 g/mol. The Morgan fingerprint density at radius 1 is 0.882 bits per heavy atom. The molecular formula is C25H27N5O4. The Hall–Kier alpha value is -4.24. The minimum atomic E-state index is -1.09. The molecular weight excluding hydrogens is 434 g/mol. The standard InChI is InChI=1S/C25H27N5O4/c1-34-23-10-6-5-9-21(23)26-15-16-27-22(25(32)33)17-24(31)28-18-11-13-20(14-12-18)30-29-19-7-3-2-4-8-19/h2-14,22,26-27H,15-17H2,1H3,(H,28,31)(H,32,33). The van der Waals surface area contributed by atoms with Crippen LogP contribution in [-0.4, -0.2) is 43.2 Å². The van der Waals surface area contributed by atoms with E-state index in [0.717, 1.165) is 11.4 Å². The van der Waals surface area contributed by atoms with E-state index in [4.69, 9.17) is 4.74 Å². The molecule has 0 fully saturated rings. The first-order valence-corrected chi connectivity index (χ1v) is 10.7. The number of carbonyl (C=O) groups excluding carboxylic acids is 1. The van der Waals surface area contributed by atoms with Crippen LogP contribution in [0.25, 0.3) is 0 Å². The van der Waals surface area contributed by atoms with Gasteiger partial charge in [-0.1, -0.05) is 30.3 Å². The van der Waals surface area contributed by atoms with E-state index in [9.17, 15) is 14.7 Å². The van der Waals surface area contributed by atoms with Crippen molar-refractivity contribution in [3.63, 3.8) is 0 Å². The Balaban J connectivity index is 1.45. The third kappa shape index (κ3) is 7.72. The summed E-state index contributed by atoms with van der Waals surface area (Å²) in [6.45, 7) is 0.814. The molecule has 0 aliphatic carbocycles. The van der Waals surface area contributed by atoms with Crippen molar-refractivity contribution in [1.29, 1.82) is 0 Å². The van der Waals surface area contributed by atoms with Crippen molar-refractivity contribution in [1.82, 2.24) is 5.32 Å². The molecule has 176 valence electrons. The van der Waals surface area contributed by atoms with E-state index in [1.54, 1.807) is 31.4 Å². The second kappa shape index (κ2) is 12.7. The summed E-state index contributed by atoms with van der Waals surface area (Å²) in [5.74, 6) is -0.801. The molecule has 0 saturated carbocycles. The van der Waals surface area contributed by atoms with Gasteiger partial charge in [0.15, 0.2) is 0 Å². The maximum atomic E-state index is 12.4. The van der Waals surface area contributed by atoms with Gasteiger partial charge in [-0.25, -0.2) is 0 Å². The highest BCUT2D eigenvalue weighted by Crippen LogP contribution is 2.22. The fourth-order valence-electron chi connectivity index (χ4n) is 3.10. The van der Waals surface area contributed by atoms with E-state index in [-0.39, 0.29) is 6.42 Å². The summed E-state index contributed by atoms with van der Waals surface area (Å²) in [5.41, 5.74) is 2.73. The summed E-state index contributed by atoms with van der Waals surface area (Å²) in [6, 6.07) is 22.6. The molecule has 0 aliphatic rings. The molecule has 1 atom stereocenters. The average Bonchev–Trinajstić information content (AvgIpc) is 2.86. The lowest BCUT2D eigenvalue weighted by Gasteiger charge is -2.16. The number of carboxylic acid groups (broad SMARTS) is 1. The van der Waals surface area contributed by atoms with E-state index in [2.05, 4.69) is 26.2 Å². The van der Waals surface area contributed by atoms with Crippen LogP contribution in [-0.2, 0) is 9.59 Å². The number of carboxylic acids is 1. The van der Waals surface area contributed by atoms with Crippen molar-refractivity contribution in [3.05, 3.63) is 78.9 Å². The Bertz CT molecular complexity index is 1100. The van der Waals surface area contributed by atoms with Gasteiger partial charge in [0.25, 0.3) is 0 Å². The van der Waals surface area contributed by atoms with Crippen LogP contribution >= 0.6 is 0 Å². The van der Waals surface area contributed by atoms with Crippen LogP contribution in [0.3, 0.4) is 0 Å². The molecule has 0 spiro atoms. The number of azo groups is 1. The molecule has 0 aliphatic heterocycles. The molecule has 0 aromatic heterocycles. The minimum Gasteiger partial charge on any atom is -0.495 e. The second-order valence-electron chi connectivity index (χ2n) is 7.31. The molecule has 1 unspecified atom stereocenters. The third-order valence-electron chi connectivity index (χ3n) is 4.81. The molecule has 9 nitrogen and oxygen atoms in total. The molecule has 0 radical (unpaired) electrons. The van der Waals surface area contributed by atoms with Crippen LogP contribution in [0.1, 0.15) is 6.42 Å². The zero-order valence-corrected chi connectivity index (χ0v) is 18.8. The number of nitrogens with zero attached hydrogens (tertiary/aromatic N) is 2. The van der Waals surface area contributed by atoms with Gasteiger partial charge in [-0.3, -0.25) is 9.59 Å². The predicted molar refractivity (Wildman–Crippen MR) is 131 cm³/mol. The zero-order chi connectivity index (χ0) is 24.2. The topological polar surface area (TPSA) is 124 Å². The largest absolute Gasteiger partial charge is 0.495 e. The lowest BCUT2D eigenvalue weighted by Crippen LogP contribution is -2.41. The number of para-hydroxylation sites is 2. The Morgan fingerprint density at radius 3 is 2.21 bits per heavy atom. The average molecular weight is 462 g/mol. The molecule has 9 heteroatoms. The first-order chi connectivity index (χ1) is 16.5. The van der Waals surface area contributed by atoms with Gasteiger partial charge in [-0.15, -0.1) is 0 Å². The molecule has 3 aromatic carbocycles. The van der Waals surface area contributed by atoms with Crippen molar-refractivity contribution < 1.29 is 19.4 Å². The predicted octanol–water partition coefficient (Wildman–Crippen LogP) is 4.59. The fourth-order valence-corrected chi connectivity index (χ4v) is 3.10. The van der Waals surface area contributed by atoms with Crippen molar-refractivity contribution >= 4 is 34.6 Å². The van der Waals surface area contributed by atoms with Gasteiger partial charge < -0.3 is 25.8 Å². The highest BCUT2D eigenvalue weighted by molar-refractivity contribution is 5.94. The van der Waals surface area contributed by atoms with Gasteiger partial charge in [0.1, 0.15) is 11.8 Å². The molecule has 0 bridgehead atoms. The van der Waals surface area contributed by atoms with E-state index in [1.165, 1.54) is 0 Å². The summed E-state index contributed by atoms with van der Waals surface area (Å²) in [6.07, 6.45) is -0.209. The number of hydrogen-bond acceptors (Lipinski definition) is 7. The SMILES string of the molecule is COc1ccccc1NCCNC(CC(=O)Nc1ccc(N=Nc2ccccc2)cc1)C(=O)O. The van der Waals surface area contributed by atoms with Gasteiger partial charge in [0.2, 0.25) is 5.91 Å². The fraction of sp³-hybridized carbons (Fsp3) is 0.200. The molecule has 1 amide bonds. The van der Waals surface area contributed by atoms with Gasteiger partial charge in [-0.2, -0.15) is 10.2 Å². The van der Waals surface area contributed by atoms with Crippen molar-refractivity contribution in [3.8, 4) is 5.75 Å². The van der Waals surface area contributed by atoms with Crippen molar-refractivity contribution in [2.45, 2.75) is 12.5 Å². The summed E-state index contributed by atoms with van der Waals surface area (Å²) in [4.78, 5) is 24.0. The summed E-state index contributed by atoms with van der Waals surface area (Å²) in [5, 5.41) is 26.6. The number of hydrogen-bond donors (Lipinski definition) is 4. The number of amides is 1. The molecule has 0 saturated heterocycles. The number of rotatable bonds is 12. The summed E-state index contributed by atoms with van der Waals surface area (Å²) < 4.78 is 5.27. The van der Waals surface area contributed by atoms with Crippen LogP contribution in [0.2, 0.25) is 0 Å². The maximum Gasteiger partial charge on any atom is 0.321 e. The van der Waals surface area contributed by atoms with Crippen LogP contribution < -0.4 is 20.7 Å². The van der Waals surface area contributed by atoms with Gasteiger partial charge in [0.05, 0.1) is 30.6 Å².